The Hall–Kier alpha value is -1.07. The van der Waals surface area contributed by atoms with E-state index < -0.39 is 9.84 Å². The number of rotatable bonds is 2. The number of hydrogen-bond donors (Lipinski definition) is 2. The molecule has 14 heavy (non-hydrogen) atoms. The Balaban J connectivity index is 3.46. The molecule has 0 spiro atoms. The summed E-state index contributed by atoms with van der Waals surface area (Å²) >= 11 is 0. The summed E-state index contributed by atoms with van der Waals surface area (Å²) in [5, 5.41) is 18.3. The smallest absolute Gasteiger partial charge is 0.175 e. The first-order chi connectivity index (χ1) is 6.36. The number of benzene rings is 1. The third-order valence-corrected chi connectivity index (χ3v) is 3.04. The van der Waals surface area contributed by atoms with Gasteiger partial charge in [0.25, 0.3) is 0 Å². The molecule has 0 aromatic heterocycles. The van der Waals surface area contributed by atoms with Crippen molar-refractivity contribution >= 4 is 9.84 Å². The molecular weight excluding hydrogens is 204 g/mol. The monoisotopic (exact) mass is 216 g/mol. The Morgan fingerprint density at radius 3 is 2.36 bits per heavy atom. The Kier molecular flexibility index (Phi) is 2.82. The predicted molar refractivity (Wildman–Crippen MR) is 51.9 cm³/mol. The third kappa shape index (κ3) is 2.05. The molecule has 0 fully saturated rings. The topological polar surface area (TPSA) is 74.6 Å². The number of phenols is 1. The van der Waals surface area contributed by atoms with Crippen LogP contribution in [0, 0.1) is 6.92 Å². The zero-order chi connectivity index (χ0) is 10.9. The lowest BCUT2D eigenvalue weighted by atomic mass is 10.1. The van der Waals surface area contributed by atoms with Gasteiger partial charge in [-0.3, -0.25) is 0 Å². The van der Waals surface area contributed by atoms with E-state index in [0.717, 1.165) is 6.26 Å². The fourth-order valence-corrected chi connectivity index (χ4v) is 1.90. The number of aromatic hydroxyl groups is 1. The fourth-order valence-electron chi connectivity index (χ4n) is 1.15. The minimum Gasteiger partial charge on any atom is -0.507 e. The molecule has 1 rings (SSSR count). The number of aliphatic hydroxyl groups excluding tert-OH is 1. The maximum absolute atomic E-state index is 11.2. The van der Waals surface area contributed by atoms with E-state index in [1.165, 1.54) is 12.1 Å². The largest absolute Gasteiger partial charge is 0.507 e. The molecule has 0 atom stereocenters. The number of hydrogen-bond acceptors (Lipinski definition) is 4. The van der Waals surface area contributed by atoms with Crippen molar-refractivity contribution < 1.29 is 18.6 Å². The Labute approximate surface area is 82.7 Å². The van der Waals surface area contributed by atoms with Crippen molar-refractivity contribution in [3.8, 4) is 5.75 Å². The highest BCUT2D eigenvalue weighted by molar-refractivity contribution is 7.90. The van der Waals surface area contributed by atoms with Crippen molar-refractivity contribution in [2.45, 2.75) is 18.4 Å². The molecule has 0 unspecified atom stereocenters. The molecule has 0 aliphatic carbocycles. The van der Waals surface area contributed by atoms with Crippen LogP contribution in [0.3, 0.4) is 0 Å². The van der Waals surface area contributed by atoms with Gasteiger partial charge in [0.15, 0.2) is 9.84 Å². The maximum Gasteiger partial charge on any atom is 0.175 e. The van der Waals surface area contributed by atoms with Gasteiger partial charge in [-0.15, -0.1) is 0 Å². The lowest BCUT2D eigenvalue weighted by molar-refractivity contribution is 0.275. The van der Waals surface area contributed by atoms with Crippen LogP contribution in [0.15, 0.2) is 17.0 Å². The second-order valence-electron chi connectivity index (χ2n) is 3.18. The van der Waals surface area contributed by atoms with Crippen molar-refractivity contribution in [3.05, 3.63) is 23.3 Å². The van der Waals surface area contributed by atoms with E-state index >= 15 is 0 Å². The molecule has 0 radical (unpaired) electrons. The molecule has 5 heteroatoms. The Morgan fingerprint density at radius 1 is 1.36 bits per heavy atom. The van der Waals surface area contributed by atoms with Gasteiger partial charge in [0, 0.05) is 11.8 Å². The van der Waals surface area contributed by atoms with Crippen LogP contribution in [0.1, 0.15) is 11.1 Å². The van der Waals surface area contributed by atoms with E-state index in [1.54, 1.807) is 6.92 Å². The van der Waals surface area contributed by atoms with Gasteiger partial charge in [-0.2, -0.15) is 0 Å². The molecule has 0 heterocycles. The summed E-state index contributed by atoms with van der Waals surface area (Å²) in [4.78, 5) is 0.108. The molecule has 0 saturated heterocycles. The highest BCUT2D eigenvalue weighted by atomic mass is 32.2. The third-order valence-electron chi connectivity index (χ3n) is 1.95. The molecule has 4 nitrogen and oxygen atoms in total. The molecular formula is C9H12O4S. The molecule has 0 saturated carbocycles. The quantitative estimate of drug-likeness (QED) is 0.759. The van der Waals surface area contributed by atoms with Crippen LogP contribution in [-0.2, 0) is 16.4 Å². The maximum atomic E-state index is 11.2. The van der Waals surface area contributed by atoms with Gasteiger partial charge in [0.1, 0.15) is 5.75 Å². The van der Waals surface area contributed by atoms with E-state index in [4.69, 9.17) is 5.11 Å². The molecule has 78 valence electrons. The second-order valence-corrected chi connectivity index (χ2v) is 5.19. The number of aliphatic hydroxyl groups is 1. The highest BCUT2D eigenvalue weighted by Gasteiger charge is 2.12. The zero-order valence-electron chi connectivity index (χ0n) is 7.98. The normalized spacial score (nSPS) is 11.6. The van der Waals surface area contributed by atoms with Crippen molar-refractivity contribution in [2.75, 3.05) is 6.26 Å². The fraction of sp³-hybridized carbons (Fsp3) is 0.333. The minimum absolute atomic E-state index is 0.0556. The van der Waals surface area contributed by atoms with Crippen LogP contribution in [0.2, 0.25) is 0 Å². The van der Waals surface area contributed by atoms with Crippen LogP contribution >= 0.6 is 0 Å². The van der Waals surface area contributed by atoms with Gasteiger partial charge >= 0.3 is 0 Å². The number of sulfone groups is 1. The molecule has 0 amide bonds. The first-order valence-corrected chi connectivity index (χ1v) is 5.89. The van der Waals surface area contributed by atoms with Crippen molar-refractivity contribution in [1.82, 2.24) is 0 Å². The zero-order valence-corrected chi connectivity index (χ0v) is 8.80. The van der Waals surface area contributed by atoms with E-state index in [-0.39, 0.29) is 22.8 Å². The van der Waals surface area contributed by atoms with E-state index in [0.29, 0.717) is 5.56 Å². The van der Waals surface area contributed by atoms with E-state index in [1.807, 2.05) is 0 Å². The van der Waals surface area contributed by atoms with Crippen LogP contribution in [0.25, 0.3) is 0 Å². The summed E-state index contributed by atoms with van der Waals surface area (Å²) in [5.74, 6) is -0.0556. The summed E-state index contributed by atoms with van der Waals surface area (Å²) in [6.07, 6.45) is 1.08. The second kappa shape index (κ2) is 3.59. The first kappa shape index (κ1) is 11.0. The summed E-state index contributed by atoms with van der Waals surface area (Å²) in [5.41, 5.74) is 0.669. The average Bonchev–Trinajstić information content (AvgIpc) is 2.07. The summed E-state index contributed by atoms with van der Waals surface area (Å²) in [7, 11) is -3.30. The van der Waals surface area contributed by atoms with Crippen LogP contribution in [0.4, 0.5) is 0 Å². The molecule has 0 aliphatic heterocycles. The molecule has 2 N–H and O–H groups in total. The van der Waals surface area contributed by atoms with Gasteiger partial charge in [0.05, 0.1) is 11.5 Å². The SMILES string of the molecule is Cc1cc(S(C)(=O)=O)cc(CO)c1O. The lowest BCUT2D eigenvalue weighted by Crippen LogP contribution is -1.99. The van der Waals surface area contributed by atoms with Crippen molar-refractivity contribution in [1.29, 1.82) is 0 Å². The molecule has 1 aromatic carbocycles. The van der Waals surface area contributed by atoms with Gasteiger partial charge < -0.3 is 10.2 Å². The van der Waals surface area contributed by atoms with Crippen molar-refractivity contribution in [3.63, 3.8) is 0 Å². The highest BCUT2D eigenvalue weighted by Crippen LogP contribution is 2.25. The van der Waals surface area contributed by atoms with Crippen LogP contribution < -0.4 is 0 Å². The lowest BCUT2D eigenvalue weighted by Gasteiger charge is -2.07. The average molecular weight is 216 g/mol. The van der Waals surface area contributed by atoms with Gasteiger partial charge in [0.2, 0.25) is 0 Å². The van der Waals surface area contributed by atoms with Crippen LogP contribution in [0.5, 0.6) is 5.75 Å². The summed E-state index contributed by atoms with van der Waals surface area (Å²) in [6.45, 7) is 1.21. The van der Waals surface area contributed by atoms with Crippen molar-refractivity contribution in [2.24, 2.45) is 0 Å². The molecule has 1 aromatic rings. The van der Waals surface area contributed by atoms with Crippen LogP contribution in [-0.4, -0.2) is 24.9 Å². The molecule has 0 bridgehead atoms. The minimum atomic E-state index is -3.30. The van der Waals surface area contributed by atoms with E-state index in [2.05, 4.69) is 0 Å². The predicted octanol–water partition coefficient (Wildman–Crippen LogP) is 0.596. The summed E-state index contributed by atoms with van der Waals surface area (Å²) in [6, 6.07) is 2.65. The molecule has 0 aliphatic rings. The summed E-state index contributed by atoms with van der Waals surface area (Å²) < 4.78 is 22.4. The van der Waals surface area contributed by atoms with Gasteiger partial charge in [-0.1, -0.05) is 0 Å². The van der Waals surface area contributed by atoms with Gasteiger partial charge in [-0.05, 0) is 24.6 Å². The Morgan fingerprint density at radius 2 is 1.93 bits per heavy atom. The Bertz CT molecular complexity index is 448. The van der Waals surface area contributed by atoms with Gasteiger partial charge in [-0.25, -0.2) is 8.42 Å². The standard InChI is InChI=1S/C9H12O4S/c1-6-3-8(14(2,12)13)4-7(5-10)9(6)11/h3-4,10-11H,5H2,1-2H3. The first-order valence-electron chi connectivity index (χ1n) is 3.99. The van der Waals surface area contributed by atoms with E-state index in [9.17, 15) is 13.5 Å². The number of aryl methyl sites for hydroxylation is 1.